The van der Waals surface area contributed by atoms with Crippen LogP contribution in [0.2, 0.25) is 0 Å². The maximum atomic E-state index is 12.4. The molecule has 0 aliphatic heterocycles. The van der Waals surface area contributed by atoms with E-state index in [2.05, 4.69) is 55.7 Å². The molecule has 6 nitrogen and oxygen atoms in total. The first-order valence-corrected chi connectivity index (χ1v) is 11.7. The molecule has 2 aromatic rings. The maximum absolute atomic E-state index is 12.4. The number of nitrogens with one attached hydrogen (secondary N) is 2. The standard InChI is InChI=1S/C23H33N3O3S/c1-6-7-18-8-10-19(11-9-18)23(17(2)3)24-16-22(27)25-20-12-14-21(15-13-20)30(28,29)26(4)5/h8-15,17,23-24H,6-7,16H2,1-5H3,(H,25,27)/t23-/m0/s1. The Labute approximate surface area is 180 Å². The smallest absolute Gasteiger partial charge is 0.242 e. The fourth-order valence-corrected chi connectivity index (χ4v) is 4.15. The zero-order valence-electron chi connectivity index (χ0n) is 18.5. The van der Waals surface area contributed by atoms with Gasteiger partial charge in [-0.25, -0.2) is 12.7 Å². The molecular formula is C23H33N3O3S. The normalized spacial score (nSPS) is 12.9. The molecule has 0 saturated heterocycles. The number of anilines is 1. The summed E-state index contributed by atoms with van der Waals surface area (Å²) in [5.41, 5.74) is 3.04. The molecule has 2 aromatic carbocycles. The highest BCUT2D eigenvalue weighted by Crippen LogP contribution is 2.22. The highest BCUT2D eigenvalue weighted by atomic mass is 32.2. The summed E-state index contributed by atoms with van der Waals surface area (Å²) in [5, 5.41) is 6.15. The van der Waals surface area contributed by atoms with Gasteiger partial charge in [-0.2, -0.15) is 0 Å². The van der Waals surface area contributed by atoms with E-state index in [1.807, 2.05) is 0 Å². The van der Waals surface area contributed by atoms with Crippen molar-refractivity contribution in [3.8, 4) is 0 Å². The van der Waals surface area contributed by atoms with Crippen molar-refractivity contribution < 1.29 is 13.2 Å². The number of carbonyl (C=O) groups is 1. The van der Waals surface area contributed by atoms with E-state index >= 15 is 0 Å². The molecule has 0 spiro atoms. The summed E-state index contributed by atoms with van der Waals surface area (Å²) in [6.45, 7) is 6.58. The molecular weight excluding hydrogens is 398 g/mol. The quantitative estimate of drug-likeness (QED) is 0.600. The Morgan fingerprint density at radius 1 is 1.00 bits per heavy atom. The molecule has 0 unspecified atom stereocenters. The first-order chi connectivity index (χ1) is 14.1. The summed E-state index contributed by atoms with van der Waals surface area (Å²) in [4.78, 5) is 12.6. The Morgan fingerprint density at radius 3 is 2.10 bits per heavy atom. The van der Waals surface area contributed by atoms with Crippen molar-refractivity contribution in [1.82, 2.24) is 9.62 Å². The molecule has 0 radical (unpaired) electrons. The molecule has 0 saturated carbocycles. The average molecular weight is 432 g/mol. The number of sulfonamides is 1. The van der Waals surface area contributed by atoms with E-state index in [0.29, 0.717) is 11.6 Å². The minimum Gasteiger partial charge on any atom is -0.325 e. The molecule has 164 valence electrons. The van der Waals surface area contributed by atoms with E-state index in [-0.39, 0.29) is 23.4 Å². The van der Waals surface area contributed by atoms with Crippen molar-refractivity contribution in [2.45, 2.75) is 44.6 Å². The van der Waals surface area contributed by atoms with Gasteiger partial charge >= 0.3 is 0 Å². The third-order valence-electron chi connectivity index (χ3n) is 4.94. The monoisotopic (exact) mass is 431 g/mol. The first kappa shape index (κ1) is 24.1. The van der Waals surface area contributed by atoms with Crippen molar-refractivity contribution in [3.63, 3.8) is 0 Å². The van der Waals surface area contributed by atoms with Gasteiger partial charge in [-0.05, 0) is 47.7 Å². The molecule has 0 aromatic heterocycles. The van der Waals surface area contributed by atoms with Crippen molar-refractivity contribution in [2.75, 3.05) is 26.0 Å². The first-order valence-electron chi connectivity index (χ1n) is 10.3. The van der Waals surface area contributed by atoms with Crippen LogP contribution in [-0.2, 0) is 21.2 Å². The summed E-state index contributed by atoms with van der Waals surface area (Å²) in [5.74, 6) is 0.150. The molecule has 0 aliphatic rings. The Balaban J connectivity index is 1.98. The van der Waals surface area contributed by atoms with Crippen LogP contribution in [0.5, 0.6) is 0 Å². The highest BCUT2D eigenvalue weighted by molar-refractivity contribution is 7.89. The molecule has 2 N–H and O–H groups in total. The number of benzene rings is 2. The fraction of sp³-hybridized carbons (Fsp3) is 0.435. The van der Waals surface area contributed by atoms with E-state index in [4.69, 9.17) is 0 Å². The summed E-state index contributed by atoms with van der Waals surface area (Å²) >= 11 is 0. The predicted octanol–water partition coefficient (Wildman–Crippen LogP) is 3.81. The number of nitrogens with zero attached hydrogens (tertiary/aromatic N) is 1. The third-order valence-corrected chi connectivity index (χ3v) is 6.77. The molecule has 0 fully saturated rings. The van der Waals surface area contributed by atoms with Crippen molar-refractivity contribution in [2.24, 2.45) is 5.92 Å². The lowest BCUT2D eigenvalue weighted by molar-refractivity contribution is -0.115. The molecule has 2 rings (SSSR count). The van der Waals surface area contributed by atoms with Crippen LogP contribution in [0.3, 0.4) is 0 Å². The SMILES string of the molecule is CCCc1ccc([C@@H](NCC(=O)Nc2ccc(S(=O)(=O)N(C)C)cc2)C(C)C)cc1. The number of carbonyl (C=O) groups excluding carboxylic acids is 1. The van der Waals surface area contributed by atoms with Gasteiger partial charge in [0.15, 0.2) is 0 Å². The predicted molar refractivity (Wildman–Crippen MR) is 122 cm³/mol. The topological polar surface area (TPSA) is 78.5 Å². The molecule has 0 heterocycles. The van der Waals surface area contributed by atoms with E-state index in [1.165, 1.54) is 31.8 Å². The van der Waals surface area contributed by atoms with Crippen LogP contribution in [0.25, 0.3) is 0 Å². The maximum Gasteiger partial charge on any atom is 0.242 e. The number of hydrogen-bond acceptors (Lipinski definition) is 4. The van der Waals surface area contributed by atoms with Crippen LogP contribution >= 0.6 is 0 Å². The van der Waals surface area contributed by atoms with Gasteiger partial charge in [-0.15, -0.1) is 0 Å². The second-order valence-electron chi connectivity index (χ2n) is 7.95. The number of aryl methyl sites for hydroxylation is 1. The third kappa shape index (κ3) is 6.39. The molecule has 0 aliphatic carbocycles. The van der Waals surface area contributed by atoms with Gasteiger partial charge in [0.05, 0.1) is 11.4 Å². The van der Waals surface area contributed by atoms with Crippen LogP contribution in [0.15, 0.2) is 53.4 Å². The lowest BCUT2D eigenvalue weighted by atomic mass is 9.94. The molecule has 0 bridgehead atoms. The van der Waals surface area contributed by atoms with Gasteiger partial charge in [-0.1, -0.05) is 51.5 Å². The Bertz CT molecular complexity index is 921. The lowest BCUT2D eigenvalue weighted by Crippen LogP contribution is -2.33. The molecule has 30 heavy (non-hydrogen) atoms. The Morgan fingerprint density at radius 2 is 1.60 bits per heavy atom. The van der Waals surface area contributed by atoms with Crippen molar-refractivity contribution in [3.05, 3.63) is 59.7 Å². The highest BCUT2D eigenvalue weighted by Gasteiger charge is 2.18. The lowest BCUT2D eigenvalue weighted by Gasteiger charge is -2.23. The van der Waals surface area contributed by atoms with Gasteiger partial charge in [0.1, 0.15) is 0 Å². The summed E-state index contributed by atoms with van der Waals surface area (Å²) in [6, 6.07) is 14.8. The zero-order chi connectivity index (χ0) is 22.3. The fourth-order valence-electron chi connectivity index (χ4n) is 3.25. The second-order valence-corrected chi connectivity index (χ2v) is 10.1. The Kier molecular flexibility index (Phi) is 8.58. The largest absolute Gasteiger partial charge is 0.325 e. The summed E-state index contributed by atoms with van der Waals surface area (Å²) in [6.07, 6.45) is 2.19. The minimum absolute atomic E-state index is 0.0686. The Hall–Kier alpha value is -2.22. The van der Waals surface area contributed by atoms with E-state index < -0.39 is 10.0 Å². The van der Waals surface area contributed by atoms with Crippen LogP contribution in [0.1, 0.15) is 44.4 Å². The van der Waals surface area contributed by atoms with Crippen LogP contribution in [0, 0.1) is 5.92 Å². The number of amides is 1. The van der Waals surface area contributed by atoms with Crippen molar-refractivity contribution >= 4 is 21.6 Å². The zero-order valence-corrected chi connectivity index (χ0v) is 19.3. The van der Waals surface area contributed by atoms with Gasteiger partial charge in [0.25, 0.3) is 0 Å². The van der Waals surface area contributed by atoms with Gasteiger partial charge in [0.2, 0.25) is 15.9 Å². The van der Waals surface area contributed by atoms with Gasteiger partial charge < -0.3 is 10.6 Å². The molecule has 1 amide bonds. The minimum atomic E-state index is -3.48. The molecule has 7 heteroatoms. The summed E-state index contributed by atoms with van der Waals surface area (Å²) in [7, 11) is -0.512. The van der Waals surface area contributed by atoms with Gasteiger partial charge in [-0.3, -0.25) is 4.79 Å². The summed E-state index contributed by atoms with van der Waals surface area (Å²) < 4.78 is 25.4. The number of rotatable bonds is 10. The molecule has 1 atom stereocenters. The van der Waals surface area contributed by atoms with Crippen LogP contribution in [-0.4, -0.2) is 39.3 Å². The number of hydrogen-bond donors (Lipinski definition) is 2. The van der Waals surface area contributed by atoms with E-state index in [1.54, 1.807) is 12.1 Å². The van der Waals surface area contributed by atoms with E-state index in [0.717, 1.165) is 22.7 Å². The second kappa shape index (κ2) is 10.7. The van der Waals surface area contributed by atoms with E-state index in [9.17, 15) is 13.2 Å². The van der Waals surface area contributed by atoms with Crippen LogP contribution in [0.4, 0.5) is 5.69 Å². The average Bonchev–Trinajstić information content (AvgIpc) is 2.69. The van der Waals surface area contributed by atoms with Crippen LogP contribution < -0.4 is 10.6 Å². The van der Waals surface area contributed by atoms with Crippen molar-refractivity contribution in [1.29, 1.82) is 0 Å². The van der Waals surface area contributed by atoms with Gasteiger partial charge in [0, 0.05) is 25.8 Å².